The van der Waals surface area contributed by atoms with Gasteiger partial charge in [-0.05, 0) is 40.9 Å². The molecule has 0 spiro atoms. The Morgan fingerprint density at radius 3 is 3.12 bits per heavy atom. The molecule has 1 aliphatic heterocycles. The molecule has 2 heterocycles. The van der Waals surface area contributed by atoms with Crippen LogP contribution in [-0.2, 0) is 0 Å². The molecule has 1 saturated heterocycles. The fourth-order valence-corrected chi connectivity index (χ4v) is 2.31. The highest BCUT2D eigenvalue weighted by Gasteiger charge is 2.29. The van der Waals surface area contributed by atoms with E-state index in [0.717, 1.165) is 12.8 Å². The van der Waals surface area contributed by atoms with Crippen molar-refractivity contribution in [2.75, 3.05) is 13.2 Å². The predicted octanol–water partition coefficient (Wildman–Crippen LogP) is 1.44. The molecule has 1 N–H and O–H groups in total. The zero-order valence-electron chi connectivity index (χ0n) is 8.77. The van der Waals surface area contributed by atoms with E-state index in [1.165, 1.54) is 0 Å². The van der Waals surface area contributed by atoms with E-state index in [1.807, 2.05) is 0 Å². The van der Waals surface area contributed by atoms with Gasteiger partial charge in [0.25, 0.3) is 5.91 Å². The van der Waals surface area contributed by atoms with Crippen molar-refractivity contribution in [3.63, 3.8) is 0 Å². The average Bonchev–Trinajstić information content (AvgIpc) is 2.76. The third-order valence-corrected chi connectivity index (χ3v) is 3.22. The van der Waals surface area contributed by atoms with Crippen LogP contribution in [0.5, 0.6) is 0 Å². The van der Waals surface area contributed by atoms with Gasteiger partial charge in [0.2, 0.25) is 0 Å². The lowest BCUT2D eigenvalue weighted by Gasteiger charge is -2.22. The van der Waals surface area contributed by atoms with Crippen molar-refractivity contribution in [2.45, 2.75) is 18.9 Å². The van der Waals surface area contributed by atoms with Crippen LogP contribution < -0.4 is 0 Å². The number of aromatic nitrogens is 1. The molecule has 1 atom stereocenters. The second-order valence-corrected chi connectivity index (χ2v) is 4.64. The van der Waals surface area contributed by atoms with E-state index in [9.17, 15) is 4.79 Å². The molecule has 1 amide bonds. The number of carbonyl (C=O) groups excluding carboxylic acids is 1. The van der Waals surface area contributed by atoms with E-state index in [1.54, 1.807) is 23.1 Å². The molecule has 2 rings (SSSR count). The Kier molecular flexibility index (Phi) is 3.56. The van der Waals surface area contributed by atoms with Gasteiger partial charge < -0.3 is 10.0 Å². The first-order valence-corrected chi connectivity index (χ1v) is 6.06. The maximum absolute atomic E-state index is 12.1. The number of aliphatic hydroxyl groups is 1. The van der Waals surface area contributed by atoms with E-state index in [-0.39, 0.29) is 18.6 Å². The standard InChI is InChI=1S/C11H13BrN2O2/c12-10-5-1-4-9(13-10)11(16)14-6-2-3-8(14)7-15/h1,4-5,8,15H,2-3,6-7H2/t8-/m0/s1. The first-order valence-electron chi connectivity index (χ1n) is 5.27. The lowest BCUT2D eigenvalue weighted by molar-refractivity contribution is 0.0671. The zero-order chi connectivity index (χ0) is 11.5. The Labute approximate surface area is 102 Å². The monoisotopic (exact) mass is 284 g/mol. The molecule has 0 radical (unpaired) electrons. The van der Waals surface area contributed by atoms with Crippen LogP contribution in [0.4, 0.5) is 0 Å². The van der Waals surface area contributed by atoms with Crippen molar-refractivity contribution in [1.82, 2.24) is 9.88 Å². The van der Waals surface area contributed by atoms with Crippen LogP contribution in [0.1, 0.15) is 23.3 Å². The Morgan fingerprint density at radius 2 is 2.44 bits per heavy atom. The summed E-state index contributed by atoms with van der Waals surface area (Å²) in [6.45, 7) is 0.734. The Morgan fingerprint density at radius 1 is 1.62 bits per heavy atom. The summed E-state index contributed by atoms with van der Waals surface area (Å²) in [5.41, 5.74) is 0.426. The van der Waals surface area contributed by atoms with E-state index >= 15 is 0 Å². The van der Waals surface area contributed by atoms with Gasteiger partial charge in [0.1, 0.15) is 10.3 Å². The third kappa shape index (κ3) is 2.25. The Balaban J connectivity index is 2.18. The van der Waals surface area contributed by atoms with E-state index in [4.69, 9.17) is 5.11 Å². The van der Waals surface area contributed by atoms with Crippen molar-refractivity contribution in [2.24, 2.45) is 0 Å². The highest BCUT2D eigenvalue weighted by Crippen LogP contribution is 2.19. The topological polar surface area (TPSA) is 53.4 Å². The van der Waals surface area contributed by atoms with Gasteiger partial charge in [0, 0.05) is 6.54 Å². The summed E-state index contributed by atoms with van der Waals surface area (Å²) in [4.78, 5) is 17.9. The zero-order valence-corrected chi connectivity index (χ0v) is 10.4. The SMILES string of the molecule is O=C(c1cccc(Br)n1)N1CCC[C@H]1CO. The summed E-state index contributed by atoms with van der Waals surface area (Å²) in [7, 11) is 0. The van der Waals surface area contributed by atoms with E-state index in [0.29, 0.717) is 16.8 Å². The van der Waals surface area contributed by atoms with Crippen LogP contribution in [0.25, 0.3) is 0 Å². The van der Waals surface area contributed by atoms with Gasteiger partial charge in [0.15, 0.2) is 0 Å². The molecule has 1 aliphatic rings. The third-order valence-electron chi connectivity index (χ3n) is 2.78. The number of likely N-dealkylation sites (tertiary alicyclic amines) is 1. The molecule has 0 bridgehead atoms. The molecule has 5 heteroatoms. The highest BCUT2D eigenvalue weighted by molar-refractivity contribution is 9.10. The number of hydrogen-bond acceptors (Lipinski definition) is 3. The molecule has 0 aliphatic carbocycles. The molecule has 0 aromatic carbocycles. The molecule has 0 unspecified atom stereocenters. The van der Waals surface area contributed by atoms with Crippen molar-refractivity contribution in [3.8, 4) is 0 Å². The number of rotatable bonds is 2. The highest BCUT2D eigenvalue weighted by atomic mass is 79.9. The predicted molar refractivity (Wildman–Crippen MR) is 63.1 cm³/mol. The minimum atomic E-state index is -0.0992. The van der Waals surface area contributed by atoms with Gasteiger partial charge in [-0.1, -0.05) is 6.07 Å². The van der Waals surface area contributed by atoms with Crippen LogP contribution in [-0.4, -0.2) is 40.1 Å². The molecule has 0 saturated carbocycles. The van der Waals surface area contributed by atoms with Crippen LogP contribution in [0.15, 0.2) is 22.8 Å². The van der Waals surface area contributed by atoms with Gasteiger partial charge in [-0.15, -0.1) is 0 Å². The van der Waals surface area contributed by atoms with Crippen LogP contribution in [0, 0.1) is 0 Å². The van der Waals surface area contributed by atoms with E-state index < -0.39 is 0 Å². The number of hydrogen-bond donors (Lipinski definition) is 1. The van der Waals surface area contributed by atoms with Gasteiger partial charge in [-0.3, -0.25) is 4.79 Å². The lowest BCUT2D eigenvalue weighted by atomic mass is 10.2. The number of halogens is 1. The molecule has 86 valence electrons. The minimum absolute atomic E-state index is 0.0275. The van der Waals surface area contributed by atoms with Crippen molar-refractivity contribution in [1.29, 1.82) is 0 Å². The van der Waals surface area contributed by atoms with Crippen molar-refractivity contribution < 1.29 is 9.90 Å². The van der Waals surface area contributed by atoms with Crippen LogP contribution in [0.3, 0.4) is 0 Å². The number of amides is 1. The van der Waals surface area contributed by atoms with Gasteiger partial charge in [-0.25, -0.2) is 4.98 Å². The van der Waals surface area contributed by atoms with Gasteiger partial charge in [0.05, 0.1) is 12.6 Å². The van der Waals surface area contributed by atoms with Crippen molar-refractivity contribution in [3.05, 3.63) is 28.5 Å². The van der Waals surface area contributed by atoms with Gasteiger partial charge >= 0.3 is 0 Å². The fraction of sp³-hybridized carbons (Fsp3) is 0.455. The minimum Gasteiger partial charge on any atom is -0.394 e. The number of aliphatic hydroxyl groups excluding tert-OH is 1. The molecule has 1 fully saturated rings. The summed E-state index contributed by atoms with van der Waals surface area (Å²) < 4.78 is 0.651. The van der Waals surface area contributed by atoms with Crippen LogP contribution in [0.2, 0.25) is 0 Å². The quantitative estimate of drug-likeness (QED) is 0.837. The van der Waals surface area contributed by atoms with Crippen molar-refractivity contribution >= 4 is 21.8 Å². The van der Waals surface area contributed by atoms with E-state index in [2.05, 4.69) is 20.9 Å². The maximum Gasteiger partial charge on any atom is 0.272 e. The Hall–Kier alpha value is -0.940. The summed E-state index contributed by atoms with van der Waals surface area (Å²) in [6, 6.07) is 5.21. The van der Waals surface area contributed by atoms with Gasteiger partial charge in [-0.2, -0.15) is 0 Å². The molecule has 16 heavy (non-hydrogen) atoms. The Bertz CT molecular complexity index is 397. The molecular weight excluding hydrogens is 272 g/mol. The second kappa shape index (κ2) is 4.93. The molecule has 4 nitrogen and oxygen atoms in total. The maximum atomic E-state index is 12.1. The summed E-state index contributed by atoms with van der Waals surface area (Å²) in [6.07, 6.45) is 1.82. The lowest BCUT2D eigenvalue weighted by Crippen LogP contribution is -2.38. The summed E-state index contributed by atoms with van der Waals surface area (Å²) in [5.74, 6) is -0.0992. The molecule has 1 aromatic heterocycles. The fourth-order valence-electron chi connectivity index (χ4n) is 1.97. The normalized spacial score (nSPS) is 20.1. The molecule has 1 aromatic rings. The summed E-state index contributed by atoms with van der Waals surface area (Å²) in [5, 5.41) is 9.16. The first-order chi connectivity index (χ1) is 7.72. The number of carbonyl (C=O) groups is 1. The number of nitrogens with zero attached hydrogens (tertiary/aromatic N) is 2. The smallest absolute Gasteiger partial charge is 0.272 e. The molecular formula is C11H13BrN2O2. The first kappa shape index (κ1) is 11.5. The largest absolute Gasteiger partial charge is 0.394 e. The van der Waals surface area contributed by atoms with Crippen LogP contribution >= 0.6 is 15.9 Å². The average molecular weight is 285 g/mol. The summed E-state index contributed by atoms with van der Waals surface area (Å²) >= 11 is 3.24. The number of pyridine rings is 1. The second-order valence-electron chi connectivity index (χ2n) is 3.82.